The van der Waals surface area contributed by atoms with Crippen molar-refractivity contribution in [1.29, 1.82) is 0 Å². The zero-order chi connectivity index (χ0) is 13.1. The van der Waals surface area contributed by atoms with Crippen molar-refractivity contribution >= 4 is 5.91 Å². The van der Waals surface area contributed by atoms with Crippen LogP contribution in [0.15, 0.2) is 0 Å². The third kappa shape index (κ3) is 7.67. The predicted molar refractivity (Wildman–Crippen MR) is 70.8 cm³/mol. The highest BCUT2D eigenvalue weighted by molar-refractivity contribution is 5.74. The second-order valence-corrected chi connectivity index (χ2v) is 4.96. The lowest BCUT2D eigenvalue weighted by Gasteiger charge is -2.22. The number of carbonyl (C=O) groups is 1. The van der Waals surface area contributed by atoms with E-state index in [2.05, 4.69) is 12.4 Å². The number of carbonyl (C=O) groups excluding carboxylic acids is 1. The molecule has 4 heteroatoms. The van der Waals surface area contributed by atoms with E-state index >= 15 is 0 Å². The molecule has 18 heavy (non-hydrogen) atoms. The van der Waals surface area contributed by atoms with Gasteiger partial charge in [-0.3, -0.25) is 4.79 Å². The molecule has 1 rings (SSSR count). The van der Waals surface area contributed by atoms with Gasteiger partial charge in [-0.15, -0.1) is 0 Å². The van der Waals surface area contributed by atoms with Gasteiger partial charge in [-0.25, -0.2) is 10.3 Å². The fourth-order valence-electron chi connectivity index (χ4n) is 2.05. The molecule has 1 unspecified atom stereocenters. The number of unbranched alkanes of at least 4 members (excludes halogenated alkanes) is 5. The predicted octanol–water partition coefficient (Wildman–Crippen LogP) is 3.31. The van der Waals surface area contributed by atoms with Crippen LogP contribution in [0.4, 0.5) is 0 Å². The van der Waals surface area contributed by atoms with Gasteiger partial charge >= 0.3 is 0 Å². The Labute approximate surface area is 110 Å². The molecule has 0 aromatic heterocycles. The van der Waals surface area contributed by atoms with Crippen molar-refractivity contribution in [2.24, 2.45) is 0 Å². The Kier molecular flexibility index (Phi) is 8.86. The molecule has 1 aliphatic heterocycles. The van der Waals surface area contributed by atoms with Crippen molar-refractivity contribution in [2.45, 2.75) is 77.4 Å². The first-order chi connectivity index (χ1) is 8.83. The zero-order valence-corrected chi connectivity index (χ0v) is 11.6. The molecule has 0 spiro atoms. The number of ether oxygens (including phenoxy) is 1. The van der Waals surface area contributed by atoms with Crippen LogP contribution in [-0.4, -0.2) is 18.8 Å². The van der Waals surface area contributed by atoms with Gasteiger partial charge in [-0.05, 0) is 19.3 Å². The summed E-state index contributed by atoms with van der Waals surface area (Å²) in [4.78, 5) is 16.7. The quantitative estimate of drug-likeness (QED) is 0.509. The fraction of sp³-hybridized carbons (Fsp3) is 0.929. The number of amides is 1. The Balaban J connectivity index is 1.90. The van der Waals surface area contributed by atoms with Crippen molar-refractivity contribution in [2.75, 3.05) is 6.61 Å². The highest BCUT2D eigenvalue weighted by Crippen LogP contribution is 2.12. The van der Waals surface area contributed by atoms with E-state index in [0.717, 1.165) is 38.7 Å². The molecule has 1 fully saturated rings. The van der Waals surface area contributed by atoms with E-state index in [1.54, 1.807) is 0 Å². The molecular formula is C14H27NO3. The van der Waals surface area contributed by atoms with Gasteiger partial charge in [-0.2, -0.15) is 0 Å². The summed E-state index contributed by atoms with van der Waals surface area (Å²) in [5.74, 6) is -0.0281. The minimum atomic E-state index is -0.243. The minimum Gasteiger partial charge on any atom is -0.350 e. The van der Waals surface area contributed by atoms with Crippen LogP contribution in [0.25, 0.3) is 0 Å². The Morgan fingerprint density at radius 1 is 1.22 bits per heavy atom. The number of rotatable bonds is 9. The Hall–Kier alpha value is -0.610. The maximum absolute atomic E-state index is 11.5. The molecule has 0 saturated carbocycles. The topological polar surface area (TPSA) is 47.6 Å². The fourth-order valence-corrected chi connectivity index (χ4v) is 2.05. The first-order valence-electron chi connectivity index (χ1n) is 7.39. The molecule has 1 amide bonds. The lowest BCUT2D eigenvalue weighted by atomic mass is 10.1. The van der Waals surface area contributed by atoms with Crippen molar-refractivity contribution in [3.63, 3.8) is 0 Å². The molecule has 106 valence electrons. The third-order valence-electron chi connectivity index (χ3n) is 3.20. The number of hydroxylamine groups is 1. The molecule has 0 radical (unpaired) electrons. The Morgan fingerprint density at radius 3 is 2.72 bits per heavy atom. The summed E-state index contributed by atoms with van der Waals surface area (Å²) in [5.41, 5.74) is 2.49. The molecule has 4 nitrogen and oxygen atoms in total. The van der Waals surface area contributed by atoms with Crippen LogP contribution in [-0.2, 0) is 14.4 Å². The van der Waals surface area contributed by atoms with Crippen molar-refractivity contribution in [3.05, 3.63) is 0 Å². The number of hydrogen-bond donors (Lipinski definition) is 1. The molecule has 0 aliphatic carbocycles. The summed E-state index contributed by atoms with van der Waals surface area (Å²) in [5, 5.41) is 0. The van der Waals surface area contributed by atoms with Crippen molar-refractivity contribution in [3.8, 4) is 0 Å². The van der Waals surface area contributed by atoms with Crippen LogP contribution in [0.2, 0.25) is 0 Å². The van der Waals surface area contributed by atoms with Crippen molar-refractivity contribution < 1.29 is 14.4 Å². The minimum absolute atomic E-state index is 0.0281. The van der Waals surface area contributed by atoms with Crippen LogP contribution in [0.5, 0.6) is 0 Å². The van der Waals surface area contributed by atoms with E-state index in [0.29, 0.717) is 6.42 Å². The summed E-state index contributed by atoms with van der Waals surface area (Å²) in [7, 11) is 0. The van der Waals surface area contributed by atoms with Crippen LogP contribution >= 0.6 is 0 Å². The lowest BCUT2D eigenvalue weighted by Crippen LogP contribution is -2.32. The van der Waals surface area contributed by atoms with Gasteiger partial charge < -0.3 is 4.74 Å². The van der Waals surface area contributed by atoms with Gasteiger partial charge in [0.1, 0.15) is 0 Å². The van der Waals surface area contributed by atoms with Gasteiger partial charge in [0, 0.05) is 19.4 Å². The molecule has 1 atom stereocenters. The first kappa shape index (κ1) is 15.4. The van der Waals surface area contributed by atoms with E-state index in [1.165, 1.54) is 25.7 Å². The van der Waals surface area contributed by atoms with Crippen molar-refractivity contribution in [1.82, 2.24) is 5.48 Å². The summed E-state index contributed by atoms with van der Waals surface area (Å²) in [6.07, 6.45) is 10.5. The average molecular weight is 257 g/mol. The Bertz CT molecular complexity index is 215. The summed E-state index contributed by atoms with van der Waals surface area (Å²) >= 11 is 0. The highest BCUT2D eigenvalue weighted by atomic mass is 16.8. The molecule has 1 aliphatic rings. The second-order valence-electron chi connectivity index (χ2n) is 4.96. The smallest absolute Gasteiger partial charge is 0.243 e. The van der Waals surface area contributed by atoms with Gasteiger partial charge in [0.05, 0.1) is 0 Å². The molecule has 1 N–H and O–H groups in total. The Morgan fingerprint density at radius 2 is 2.00 bits per heavy atom. The number of hydrogen-bond acceptors (Lipinski definition) is 3. The first-order valence-corrected chi connectivity index (χ1v) is 7.39. The standard InChI is InChI=1S/C14H27NO3/c1-2-3-4-5-6-7-10-13(16)15-18-14-11-8-9-12-17-14/h14H,2-12H2,1H3,(H,15,16). The molecule has 1 heterocycles. The van der Waals surface area contributed by atoms with E-state index in [9.17, 15) is 4.79 Å². The average Bonchev–Trinajstić information content (AvgIpc) is 2.41. The van der Waals surface area contributed by atoms with Gasteiger partial charge in [0.2, 0.25) is 5.91 Å². The highest BCUT2D eigenvalue weighted by Gasteiger charge is 2.15. The zero-order valence-electron chi connectivity index (χ0n) is 11.6. The van der Waals surface area contributed by atoms with Gasteiger partial charge in [0.25, 0.3) is 0 Å². The van der Waals surface area contributed by atoms with Crippen LogP contribution < -0.4 is 5.48 Å². The lowest BCUT2D eigenvalue weighted by molar-refractivity contribution is -0.200. The largest absolute Gasteiger partial charge is 0.350 e. The van der Waals surface area contributed by atoms with E-state index in [1.807, 2.05) is 0 Å². The molecule has 0 bridgehead atoms. The maximum Gasteiger partial charge on any atom is 0.243 e. The summed E-state index contributed by atoms with van der Waals surface area (Å²) < 4.78 is 5.36. The molecular weight excluding hydrogens is 230 g/mol. The van der Waals surface area contributed by atoms with E-state index < -0.39 is 0 Å². The summed E-state index contributed by atoms with van der Waals surface area (Å²) in [6, 6.07) is 0. The van der Waals surface area contributed by atoms with Gasteiger partial charge in [-0.1, -0.05) is 39.0 Å². The summed E-state index contributed by atoms with van der Waals surface area (Å²) in [6.45, 7) is 2.94. The van der Waals surface area contributed by atoms with Crippen LogP contribution in [0.3, 0.4) is 0 Å². The monoisotopic (exact) mass is 257 g/mol. The normalized spacial score (nSPS) is 19.7. The van der Waals surface area contributed by atoms with Crippen LogP contribution in [0.1, 0.15) is 71.1 Å². The van der Waals surface area contributed by atoms with Gasteiger partial charge in [0.15, 0.2) is 6.29 Å². The maximum atomic E-state index is 11.5. The van der Waals surface area contributed by atoms with Crippen LogP contribution in [0, 0.1) is 0 Å². The molecule has 0 aromatic rings. The number of nitrogens with one attached hydrogen (secondary N) is 1. The second kappa shape index (κ2) is 10.3. The molecule has 1 saturated heterocycles. The SMILES string of the molecule is CCCCCCCCC(=O)NOC1CCCCO1. The molecule has 0 aromatic carbocycles. The third-order valence-corrected chi connectivity index (χ3v) is 3.20. The van der Waals surface area contributed by atoms with E-state index in [4.69, 9.17) is 9.57 Å². The van der Waals surface area contributed by atoms with E-state index in [-0.39, 0.29) is 12.2 Å².